The Kier molecular flexibility index (Phi) is 5.85. The predicted octanol–water partition coefficient (Wildman–Crippen LogP) is 1.61. The summed E-state index contributed by atoms with van der Waals surface area (Å²) in [6, 6.07) is 1.35. The van der Waals surface area contributed by atoms with Crippen molar-refractivity contribution in [2.45, 2.75) is 58.0 Å². The van der Waals surface area contributed by atoms with Crippen molar-refractivity contribution in [3.05, 3.63) is 0 Å². The Hall–Kier alpha value is -0.610. The lowest BCUT2D eigenvalue weighted by Crippen LogP contribution is -2.51. The van der Waals surface area contributed by atoms with Crippen molar-refractivity contribution in [3.63, 3.8) is 0 Å². The van der Waals surface area contributed by atoms with E-state index < -0.39 is 0 Å². The Morgan fingerprint density at radius 1 is 1.15 bits per heavy atom. The number of carbonyl (C=O) groups is 1. The first-order valence-corrected chi connectivity index (χ1v) is 8.29. The van der Waals surface area contributed by atoms with Gasteiger partial charge in [0.05, 0.1) is 6.54 Å². The molecule has 3 unspecified atom stereocenters. The lowest BCUT2D eigenvalue weighted by Gasteiger charge is -2.39. The van der Waals surface area contributed by atoms with Gasteiger partial charge in [0.1, 0.15) is 0 Å². The molecule has 0 bridgehead atoms. The summed E-state index contributed by atoms with van der Waals surface area (Å²) in [7, 11) is 1.71. The van der Waals surface area contributed by atoms with Gasteiger partial charge in [0.25, 0.3) is 0 Å². The van der Waals surface area contributed by atoms with Gasteiger partial charge in [-0.3, -0.25) is 9.69 Å². The molecule has 2 N–H and O–H groups in total. The first-order chi connectivity index (χ1) is 9.60. The fraction of sp³-hybridized carbons (Fsp3) is 0.938. The highest BCUT2D eigenvalue weighted by Crippen LogP contribution is 2.30. The number of carbonyl (C=O) groups excluding carboxylic acids is 1. The second-order valence-corrected chi connectivity index (χ2v) is 6.76. The highest BCUT2D eigenvalue weighted by Gasteiger charge is 2.29. The van der Waals surface area contributed by atoms with Gasteiger partial charge < -0.3 is 10.6 Å². The van der Waals surface area contributed by atoms with Crippen molar-refractivity contribution in [2.24, 2.45) is 11.8 Å². The molecule has 116 valence electrons. The van der Waals surface area contributed by atoms with Crippen molar-refractivity contribution in [3.8, 4) is 0 Å². The number of rotatable bonds is 4. The van der Waals surface area contributed by atoms with Crippen molar-refractivity contribution in [1.82, 2.24) is 15.5 Å². The van der Waals surface area contributed by atoms with E-state index in [1.807, 2.05) is 0 Å². The molecule has 1 amide bonds. The van der Waals surface area contributed by atoms with E-state index in [4.69, 9.17) is 0 Å². The van der Waals surface area contributed by atoms with E-state index in [1.165, 1.54) is 32.1 Å². The molecule has 1 saturated carbocycles. The van der Waals surface area contributed by atoms with Crippen LogP contribution in [0.1, 0.15) is 46.0 Å². The Morgan fingerprint density at radius 2 is 1.85 bits per heavy atom. The minimum absolute atomic E-state index is 0.131. The molecule has 2 aliphatic rings. The van der Waals surface area contributed by atoms with Crippen LogP contribution in [0.25, 0.3) is 0 Å². The summed E-state index contributed by atoms with van der Waals surface area (Å²) in [5.74, 6) is 1.79. The molecule has 1 saturated heterocycles. The zero-order valence-electron chi connectivity index (χ0n) is 13.3. The molecule has 3 atom stereocenters. The smallest absolute Gasteiger partial charge is 0.233 e. The van der Waals surface area contributed by atoms with Crippen LogP contribution >= 0.6 is 0 Å². The Morgan fingerprint density at radius 3 is 2.50 bits per heavy atom. The molecular formula is C16H31N3O. The molecule has 4 heteroatoms. The van der Waals surface area contributed by atoms with Crippen molar-refractivity contribution in [2.75, 3.05) is 26.7 Å². The average Bonchev–Trinajstić information content (AvgIpc) is 2.46. The molecule has 4 nitrogen and oxygen atoms in total. The number of hydrogen-bond acceptors (Lipinski definition) is 3. The summed E-state index contributed by atoms with van der Waals surface area (Å²) in [5.41, 5.74) is 0. The van der Waals surface area contributed by atoms with E-state index in [0.717, 1.165) is 24.9 Å². The molecule has 0 aromatic heterocycles. The van der Waals surface area contributed by atoms with E-state index in [2.05, 4.69) is 29.4 Å². The van der Waals surface area contributed by atoms with E-state index in [9.17, 15) is 4.79 Å². The topological polar surface area (TPSA) is 44.4 Å². The van der Waals surface area contributed by atoms with Crippen molar-refractivity contribution >= 4 is 5.91 Å². The maximum Gasteiger partial charge on any atom is 0.233 e. The summed E-state index contributed by atoms with van der Waals surface area (Å²) in [6.45, 7) is 7.44. The SMILES string of the molecule is CNC(=O)CN1CCC(NC2CCCC(C)C2C)CC1. The first-order valence-electron chi connectivity index (χ1n) is 8.29. The van der Waals surface area contributed by atoms with Gasteiger partial charge in [0.2, 0.25) is 5.91 Å². The van der Waals surface area contributed by atoms with Crippen LogP contribution in [0, 0.1) is 11.8 Å². The number of hydrogen-bond donors (Lipinski definition) is 2. The fourth-order valence-corrected chi connectivity index (χ4v) is 3.66. The van der Waals surface area contributed by atoms with Crippen LogP contribution in [0.3, 0.4) is 0 Å². The molecular weight excluding hydrogens is 250 g/mol. The number of piperidine rings is 1. The molecule has 1 aliphatic carbocycles. The molecule has 1 aliphatic heterocycles. The molecule has 0 aromatic rings. The third kappa shape index (κ3) is 4.19. The molecule has 2 fully saturated rings. The van der Waals surface area contributed by atoms with Crippen LogP contribution in [0.15, 0.2) is 0 Å². The predicted molar refractivity (Wildman–Crippen MR) is 82.6 cm³/mol. The van der Waals surface area contributed by atoms with Gasteiger partial charge in [-0.2, -0.15) is 0 Å². The molecule has 0 radical (unpaired) electrons. The van der Waals surface area contributed by atoms with Gasteiger partial charge in [0.15, 0.2) is 0 Å². The van der Waals surface area contributed by atoms with Gasteiger partial charge in [0, 0.05) is 32.2 Å². The molecule has 20 heavy (non-hydrogen) atoms. The molecule has 1 heterocycles. The maximum absolute atomic E-state index is 11.4. The van der Waals surface area contributed by atoms with Gasteiger partial charge >= 0.3 is 0 Å². The maximum atomic E-state index is 11.4. The number of nitrogens with one attached hydrogen (secondary N) is 2. The summed E-state index contributed by atoms with van der Waals surface area (Å²) in [4.78, 5) is 13.7. The van der Waals surface area contributed by atoms with Crippen LogP contribution in [-0.4, -0.2) is 49.6 Å². The van der Waals surface area contributed by atoms with E-state index >= 15 is 0 Å². The molecule has 0 aromatic carbocycles. The summed E-state index contributed by atoms with van der Waals surface area (Å²) in [5, 5.41) is 6.60. The normalized spacial score (nSPS) is 33.0. The van der Waals surface area contributed by atoms with E-state index in [1.54, 1.807) is 7.05 Å². The second-order valence-electron chi connectivity index (χ2n) is 6.76. The highest BCUT2D eigenvalue weighted by atomic mass is 16.1. The lowest BCUT2D eigenvalue weighted by atomic mass is 9.77. The van der Waals surface area contributed by atoms with Crippen molar-refractivity contribution < 1.29 is 4.79 Å². The third-order valence-electron chi connectivity index (χ3n) is 5.39. The van der Waals surface area contributed by atoms with E-state index in [-0.39, 0.29) is 5.91 Å². The van der Waals surface area contributed by atoms with Crippen LogP contribution < -0.4 is 10.6 Å². The van der Waals surface area contributed by atoms with Crippen LogP contribution in [0.5, 0.6) is 0 Å². The van der Waals surface area contributed by atoms with Crippen molar-refractivity contribution in [1.29, 1.82) is 0 Å². The molecule has 0 spiro atoms. The minimum atomic E-state index is 0.131. The monoisotopic (exact) mass is 281 g/mol. The largest absolute Gasteiger partial charge is 0.358 e. The Labute approximate surface area is 123 Å². The minimum Gasteiger partial charge on any atom is -0.358 e. The zero-order chi connectivity index (χ0) is 14.5. The number of likely N-dealkylation sites (tertiary alicyclic amines) is 1. The van der Waals surface area contributed by atoms with Crippen LogP contribution in [-0.2, 0) is 4.79 Å². The third-order valence-corrected chi connectivity index (χ3v) is 5.39. The van der Waals surface area contributed by atoms with Gasteiger partial charge in [-0.15, -0.1) is 0 Å². The summed E-state index contributed by atoms with van der Waals surface area (Å²) in [6.07, 6.45) is 6.45. The van der Waals surface area contributed by atoms with Gasteiger partial charge in [-0.25, -0.2) is 0 Å². The average molecular weight is 281 g/mol. The number of amides is 1. The highest BCUT2D eigenvalue weighted by molar-refractivity contribution is 5.77. The Bertz CT molecular complexity index is 313. The second kappa shape index (κ2) is 7.41. The number of nitrogens with zero attached hydrogens (tertiary/aromatic N) is 1. The zero-order valence-corrected chi connectivity index (χ0v) is 13.3. The van der Waals surface area contributed by atoms with E-state index in [0.29, 0.717) is 18.6 Å². The van der Waals surface area contributed by atoms with Crippen LogP contribution in [0.4, 0.5) is 0 Å². The Balaban J connectivity index is 1.72. The standard InChI is InChI=1S/C16H31N3O/c1-12-5-4-6-15(13(12)2)18-14-7-9-19(10-8-14)11-16(20)17-3/h12-15,18H,4-11H2,1-3H3,(H,17,20). The van der Waals surface area contributed by atoms with Crippen LogP contribution in [0.2, 0.25) is 0 Å². The lowest BCUT2D eigenvalue weighted by molar-refractivity contribution is -0.122. The van der Waals surface area contributed by atoms with Gasteiger partial charge in [-0.05, 0) is 31.1 Å². The fourth-order valence-electron chi connectivity index (χ4n) is 3.66. The summed E-state index contributed by atoms with van der Waals surface area (Å²) >= 11 is 0. The first kappa shape index (κ1) is 15.8. The number of likely N-dealkylation sites (N-methyl/N-ethyl adjacent to an activating group) is 1. The molecule has 2 rings (SSSR count). The quantitative estimate of drug-likeness (QED) is 0.823. The summed E-state index contributed by atoms with van der Waals surface area (Å²) < 4.78 is 0. The van der Waals surface area contributed by atoms with Gasteiger partial charge in [-0.1, -0.05) is 26.7 Å².